The summed E-state index contributed by atoms with van der Waals surface area (Å²) in [5.41, 5.74) is 2.23. The molecule has 98 valence electrons. The zero-order valence-electron chi connectivity index (χ0n) is 11.3. The van der Waals surface area contributed by atoms with Crippen molar-refractivity contribution in [3.63, 3.8) is 0 Å². The summed E-state index contributed by atoms with van der Waals surface area (Å²) in [4.78, 5) is 11.8. The van der Waals surface area contributed by atoms with Gasteiger partial charge in [-0.15, -0.1) is 6.58 Å². The van der Waals surface area contributed by atoms with Crippen LogP contribution in [-0.2, 0) is 4.79 Å². The highest BCUT2D eigenvalue weighted by Gasteiger charge is 2.18. The standard InChI is InChI=1S/C15H21NO2/c1-5-9-16-15(17)13(6-2)18-14-8-7-11(3)10-12(14)4/h5,7-8,10,13H,1,6,9H2,2-4H3,(H,16,17). The Morgan fingerprint density at radius 3 is 2.78 bits per heavy atom. The van der Waals surface area contributed by atoms with Crippen LogP contribution in [0.25, 0.3) is 0 Å². The molecule has 0 saturated carbocycles. The normalized spacial score (nSPS) is 11.7. The number of aryl methyl sites for hydroxylation is 2. The summed E-state index contributed by atoms with van der Waals surface area (Å²) in [6.45, 7) is 9.98. The first-order valence-electron chi connectivity index (χ1n) is 6.21. The van der Waals surface area contributed by atoms with Crippen molar-refractivity contribution in [3.05, 3.63) is 42.0 Å². The van der Waals surface area contributed by atoms with Crippen molar-refractivity contribution in [1.82, 2.24) is 5.32 Å². The van der Waals surface area contributed by atoms with Crippen molar-refractivity contribution in [3.8, 4) is 5.75 Å². The zero-order valence-corrected chi connectivity index (χ0v) is 11.3. The van der Waals surface area contributed by atoms with Gasteiger partial charge in [0.25, 0.3) is 5.91 Å². The SMILES string of the molecule is C=CCNC(=O)C(CC)Oc1ccc(C)cc1C. The van der Waals surface area contributed by atoms with Gasteiger partial charge < -0.3 is 10.1 Å². The number of ether oxygens (including phenoxy) is 1. The fourth-order valence-electron chi connectivity index (χ4n) is 1.69. The molecule has 0 radical (unpaired) electrons. The van der Waals surface area contributed by atoms with E-state index in [1.807, 2.05) is 39.0 Å². The minimum absolute atomic E-state index is 0.0997. The van der Waals surface area contributed by atoms with Gasteiger partial charge >= 0.3 is 0 Å². The molecule has 0 bridgehead atoms. The number of hydrogen-bond donors (Lipinski definition) is 1. The Bertz CT molecular complexity index is 427. The van der Waals surface area contributed by atoms with Crippen molar-refractivity contribution in [1.29, 1.82) is 0 Å². The van der Waals surface area contributed by atoms with Crippen molar-refractivity contribution in [2.45, 2.75) is 33.3 Å². The lowest BCUT2D eigenvalue weighted by atomic mass is 10.1. The van der Waals surface area contributed by atoms with Gasteiger partial charge in [0, 0.05) is 6.54 Å². The number of hydrogen-bond acceptors (Lipinski definition) is 2. The lowest BCUT2D eigenvalue weighted by Crippen LogP contribution is -2.38. The molecule has 0 aliphatic heterocycles. The summed E-state index contributed by atoms with van der Waals surface area (Å²) < 4.78 is 5.76. The summed E-state index contributed by atoms with van der Waals surface area (Å²) in [6, 6.07) is 5.94. The Kier molecular flexibility index (Phi) is 5.43. The van der Waals surface area contributed by atoms with Gasteiger partial charge in [-0.1, -0.05) is 30.7 Å². The molecular weight excluding hydrogens is 226 g/mol. The van der Waals surface area contributed by atoms with Gasteiger partial charge in [0.2, 0.25) is 0 Å². The Balaban J connectivity index is 2.73. The van der Waals surface area contributed by atoms with Crippen LogP contribution in [0.2, 0.25) is 0 Å². The molecule has 0 aliphatic rings. The largest absolute Gasteiger partial charge is 0.480 e. The molecule has 0 aliphatic carbocycles. The van der Waals surface area contributed by atoms with E-state index in [9.17, 15) is 4.79 Å². The molecule has 1 N–H and O–H groups in total. The number of amides is 1. The van der Waals surface area contributed by atoms with E-state index in [0.717, 1.165) is 11.3 Å². The lowest BCUT2D eigenvalue weighted by Gasteiger charge is -2.18. The molecule has 3 nitrogen and oxygen atoms in total. The molecular formula is C15H21NO2. The second-order valence-corrected chi connectivity index (χ2v) is 4.32. The van der Waals surface area contributed by atoms with Gasteiger partial charge in [0.1, 0.15) is 5.75 Å². The van der Waals surface area contributed by atoms with E-state index in [1.54, 1.807) is 6.08 Å². The number of nitrogens with one attached hydrogen (secondary N) is 1. The summed E-state index contributed by atoms with van der Waals surface area (Å²) in [5, 5.41) is 2.75. The molecule has 1 atom stereocenters. The highest BCUT2D eigenvalue weighted by atomic mass is 16.5. The van der Waals surface area contributed by atoms with Gasteiger partial charge in [0.15, 0.2) is 6.10 Å². The first-order chi connectivity index (χ1) is 8.58. The van der Waals surface area contributed by atoms with E-state index in [-0.39, 0.29) is 5.91 Å². The maximum absolute atomic E-state index is 11.8. The minimum atomic E-state index is -0.452. The number of rotatable bonds is 6. The fourth-order valence-corrected chi connectivity index (χ4v) is 1.69. The first-order valence-corrected chi connectivity index (χ1v) is 6.21. The smallest absolute Gasteiger partial charge is 0.261 e. The third kappa shape index (κ3) is 3.91. The molecule has 0 saturated heterocycles. The van der Waals surface area contributed by atoms with Crippen LogP contribution in [0.3, 0.4) is 0 Å². The second-order valence-electron chi connectivity index (χ2n) is 4.32. The van der Waals surface area contributed by atoms with Crippen molar-refractivity contribution in [2.75, 3.05) is 6.54 Å². The van der Waals surface area contributed by atoms with Crippen LogP contribution in [0.4, 0.5) is 0 Å². The zero-order chi connectivity index (χ0) is 13.5. The monoisotopic (exact) mass is 247 g/mol. The van der Waals surface area contributed by atoms with E-state index in [0.29, 0.717) is 13.0 Å². The molecule has 1 amide bonds. The summed E-state index contributed by atoms with van der Waals surface area (Å²) in [7, 11) is 0. The topological polar surface area (TPSA) is 38.3 Å². The number of carbonyl (C=O) groups is 1. The van der Waals surface area contributed by atoms with Gasteiger partial charge in [0.05, 0.1) is 0 Å². The molecule has 3 heteroatoms. The third-order valence-electron chi connectivity index (χ3n) is 2.68. The minimum Gasteiger partial charge on any atom is -0.480 e. The summed E-state index contributed by atoms with van der Waals surface area (Å²) in [5.74, 6) is 0.665. The molecule has 0 heterocycles. The maximum Gasteiger partial charge on any atom is 0.261 e. The highest BCUT2D eigenvalue weighted by Crippen LogP contribution is 2.20. The van der Waals surface area contributed by atoms with E-state index < -0.39 is 6.10 Å². The van der Waals surface area contributed by atoms with Crippen LogP contribution in [-0.4, -0.2) is 18.6 Å². The predicted molar refractivity (Wildman–Crippen MR) is 73.8 cm³/mol. The molecule has 18 heavy (non-hydrogen) atoms. The molecule has 0 aromatic heterocycles. The maximum atomic E-state index is 11.8. The Hall–Kier alpha value is -1.77. The Morgan fingerprint density at radius 1 is 1.50 bits per heavy atom. The second kappa shape index (κ2) is 6.84. The van der Waals surface area contributed by atoms with Crippen molar-refractivity contribution < 1.29 is 9.53 Å². The number of benzene rings is 1. The molecule has 1 rings (SSSR count). The quantitative estimate of drug-likeness (QED) is 0.785. The van der Waals surface area contributed by atoms with Crippen LogP contribution in [0, 0.1) is 13.8 Å². The van der Waals surface area contributed by atoms with E-state index in [2.05, 4.69) is 11.9 Å². The lowest BCUT2D eigenvalue weighted by molar-refractivity contribution is -0.127. The molecule has 0 spiro atoms. The first kappa shape index (κ1) is 14.3. The van der Waals surface area contributed by atoms with E-state index in [4.69, 9.17) is 4.74 Å². The predicted octanol–water partition coefficient (Wildman–Crippen LogP) is 2.76. The van der Waals surface area contributed by atoms with Gasteiger partial charge in [-0.3, -0.25) is 4.79 Å². The molecule has 1 aromatic carbocycles. The van der Waals surface area contributed by atoms with E-state index >= 15 is 0 Å². The average Bonchev–Trinajstić information content (AvgIpc) is 2.35. The van der Waals surface area contributed by atoms with Crippen LogP contribution < -0.4 is 10.1 Å². The summed E-state index contributed by atoms with van der Waals surface area (Å²) >= 11 is 0. The van der Waals surface area contributed by atoms with Crippen LogP contribution >= 0.6 is 0 Å². The van der Waals surface area contributed by atoms with E-state index in [1.165, 1.54) is 5.56 Å². The third-order valence-corrected chi connectivity index (χ3v) is 2.68. The van der Waals surface area contributed by atoms with Gasteiger partial charge in [-0.05, 0) is 31.9 Å². The van der Waals surface area contributed by atoms with Crippen LogP contribution in [0.5, 0.6) is 5.75 Å². The number of carbonyl (C=O) groups excluding carboxylic acids is 1. The summed E-state index contributed by atoms with van der Waals surface area (Å²) in [6.07, 6.45) is 1.84. The fraction of sp³-hybridized carbons (Fsp3) is 0.400. The molecule has 1 unspecified atom stereocenters. The van der Waals surface area contributed by atoms with Gasteiger partial charge in [-0.25, -0.2) is 0 Å². The van der Waals surface area contributed by atoms with Crippen LogP contribution in [0.15, 0.2) is 30.9 Å². The van der Waals surface area contributed by atoms with Crippen molar-refractivity contribution in [2.24, 2.45) is 0 Å². The molecule has 0 fully saturated rings. The highest BCUT2D eigenvalue weighted by molar-refractivity contribution is 5.81. The van der Waals surface area contributed by atoms with Crippen LogP contribution in [0.1, 0.15) is 24.5 Å². The average molecular weight is 247 g/mol. The Labute approximate surface area is 109 Å². The molecule has 1 aromatic rings. The Morgan fingerprint density at radius 2 is 2.22 bits per heavy atom. The van der Waals surface area contributed by atoms with Crippen molar-refractivity contribution >= 4 is 5.91 Å². The van der Waals surface area contributed by atoms with Gasteiger partial charge in [-0.2, -0.15) is 0 Å².